The van der Waals surface area contributed by atoms with Crippen molar-refractivity contribution in [2.45, 2.75) is 19.3 Å². The minimum absolute atomic E-state index is 0.209. The topological polar surface area (TPSA) is 132 Å². The second-order valence-corrected chi connectivity index (χ2v) is 11.4. The molecule has 6 rings (SSSR count). The van der Waals surface area contributed by atoms with Crippen molar-refractivity contribution in [2.75, 3.05) is 19.3 Å². The lowest BCUT2D eigenvalue weighted by atomic mass is 9.88. The van der Waals surface area contributed by atoms with Gasteiger partial charge < -0.3 is 14.1 Å². The Morgan fingerprint density at radius 3 is 2.64 bits per heavy atom. The number of pyridine rings is 2. The van der Waals surface area contributed by atoms with Crippen molar-refractivity contribution in [2.24, 2.45) is 14.1 Å². The average Bonchev–Trinajstić information content (AvgIpc) is 3.60. The molecule has 1 aliphatic heterocycles. The molecule has 1 saturated heterocycles. The number of sulfonamides is 1. The van der Waals surface area contributed by atoms with Crippen LogP contribution >= 0.6 is 0 Å². The standard InChI is InChI=1S/C24H25N7O4S/c1-13-7-19(35-28-13)22-20(14-5-6-31(12-14)36(4,33)34)21-16-8-17(15-9-26-29(2)11-15)27-23(16)25-10-18(21)30(3)24(22)32/h7-11,14H,5-6,12H2,1-4H3,(H,25,27). The Balaban J connectivity index is 1.70. The Morgan fingerprint density at radius 1 is 1.19 bits per heavy atom. The van der Waals surface area contributed by atoms with Crippen LogP contribution in [0.15, 0.2) is 40.0 Å². The Bertz CT molecular complexity index is 1830. The monoisotopic (exact) mass is 507 g/mol. The molecule has 1 unspecified atom stereocenters. The number of aryl methyl sites for hydroxylation is 3. The first-order valence-corrected chi connectivity index (χ1v) is 13.4. The molecule has 186 valence electrons. The lowest BCUT2D eigenvalue weighted by Crippen LogP contribution is -2.28. The fourth-order valence-electron chi connectivity index (χ4n) is 5.23. The van der Waals surface area contributed by atoms with E-state index in [1.54, 1.807) is 41.7 Å². The molecule has 0 radical (unpaired) electrons. The molecule has 1 N–H and O–H groups in total. The molecule has 6 heterocycles. The van der Waals surface area contributed by atoms with Gasteiger partial charge in [-0.15, -0.1) is 0 Å². The number of rotatable bonds is 4. The summed E-state index contributed by atoms with van der Waals surface area (Å²) in [5, 5.41) is 9.97. The van der Waals surface area contributed by atoms with Gasteiger partial charge in [-0.3, -0.25) is 9.48 Å². The zero-order valence-corrected chi connectivity index (χ0v) is 21.1. The molecule has 5 aromatic rings. The summed E-state index contributed by atoms with van der Waals surface area (Å²) in [6.07, 6.45) is 7.16. The summed E-state index contributed by atoms with van der Waals surface area (Å²) in [6.45, 7) is 2.47. The third-order valence-electron chi connectivity index (χ3n) is 6.98. The smallest absolute Gasteiger partial charge is 0.262 e. The quantitative estimate of drug-likeness (QED) is 0.395. The van der Waals surface area contributed by atoms with Crippen molar-refractivity contribution in [3.05, 3.63) is 52.3 Å². The highest BCUT2D eigenvalue weighted by molar-refractivity contribution is 7.88. The third-order valence-corrected chi connectivity index (χ3v) is 8.24. The molecule has 0 amide bonds. The lowest BCUT2D eigenvalue weighted by Gasteiger charge is -2.20. The number of hydrogen-bond acceptors (Lipinski definition) is 7. The van der Waals surface area contributed by atoms with Crippen LogP contribution in [0.5, 0.6) is 0 Å². The van der Waals surface area contributed by atoms with Gasteiger partial charge in [-0.25, -0.2) is 17.7 Å². The number of nitrogens with one attached hydrogen (secondary N) is 1. The molecule has 0 aliphatic carbocycles. The Kier molecular flexibility index (Phi) is 4.96. The zero-order valence-electron chi connectivity index (χ0n) is 20.3. The summed E-state index contributed by atoms with van der Waals surface area (Å²) in [5.74, 6) is 0.162. The van der Waals surface area contributed by atoms with Crippen LogP contribution in [0.4, 0.5) is 0 Å². The summed E-state index contributed by atoms with van der Waals surface area (Å²) in [4.78, 5) is 21.7. The van der Waals surface area contributed by atoms with E-state index in [9.17, 15) is 13.2 Å². The minimum Gasteiger partial charge on any atom is -0.356 e. The van der Waals surface area contributed by atoms with Crippen LogP contribution in [-0.4, -0.2) is 61.5 Å². The number of H-pyrrole nitrogens is 1. The van der Waals surface area contributed by atoms with Crippen LogP contribution < -0.4 is 5.56 Å². The van der Waals surface area contributed by atoms with Gasteiger partial charge in [0.15, 0.2) is 5.76 Å². The van der Waals surface area contributed by atoms with Gasteiger partial charge in [0.05, 0.1) is 41.1 Å². The third kappa shape index (κ3) is 3.47. The van der Waals surface area contributed by atoms with Gasteiger partial charge >= 0.3 is 0 Å². The van der Waals surface area contributed by atoms with Gasteiger partial charge in [0.1, 0.15) is 5.65 Å². The van der Waals surface area contributed by atoms with E-state index in [0.29, 0.717) is 41.1 Å². The second kappa shape index (κ2) is 7.87. The zero-order chi connectivity index (χ0) is 25.4. The highest BCUT2D eigenvalue weighted by Gasteiger charge is 2.35. The molecule has 5 aromatic heterocycles. The van der Waals surface area contributed by atoms with E-state index < -0.39 is 10.0 Å². The summed E-state index contributed by atoms with van der Waals surface area (Å²) < 4.78 is 35.0. The molecule has 0 saturated carbocycles. The van der Waals surface area contributed by atoms with Crippen LogP contribution in [0.3, 0.4) is 0 Å². The van der Waals surface area contributed by atoms with Crippen LogP contribution in [0, 0.1) is 6.92 Å². The number of fused-ring (bicyclic) bond motifs is 3. The van der Waals surface area contributed by atoms with Crippen LogP contribution in [0.2, 0.25) is 0 Å². The van der Waals surface area contributed by atoms with E-state index in [-0.39, 0.29) is 18.0 Å². The number of nitrogens with zero attached hydrogens (tertiary/aromatic N) is 6. The maximum Gasteiger partial charge on any atom is 0.262 e. The van der Waals surface area contributed by atoms with Crippen molar-refractivity contribution in [1.82, 2.24) is 33.8 Å². The van der Waals surface area contributed by atoms with Gasteiger partial charge in [-0.05, 0) is 25.0 Å². The molecule has 0 aromatic carbocycles. The molecule has 1 atom stereocenters. The van der Waals surface area contributed by atoms with Gasteiger partial charge in [0, 0.05) is 61.7 Å². The molecule has 36 heavy (non-hydrogen) atoms. The first kappa shape index (κ1) is 22.7. The maximum absolute atomic E-state index is 13.7. The number of hydrogen-bond donors (Lipinski definition) is 1. The number of aromatic nitrogens is 6. The Hall–Kier alpha value is -3.77. The normalized spacial score (nSPS) is 17.1. The van der Waals surface area contributed by atoms with E-state index in [1.807, 2.05) is 19.3 Å². The van der Waals surface area contributed by atoms with Gasteiger partial charge in [-0.2, -0.15) is 5.10 Å². The molecular formula is C24H25N7O4S. The van der Waals surface area contributed by atoms with E-state index in [2.05, 4.69) is 20.2 Å². The van der Waals surface area contributed by atoms with E-state index in [4.69, 9.17) is 4.52 Å². The fraction of sp³-hybridized carbons (Fsp3) is 0.333. The average molecular weight is 508 g/mol. The Morgan fingerprint density at radius 2 is 2.00 bits per heavy atom. The van der Waals surface area contributed by atoms with Gasteiger partial charge in [-0.1, -0.05) is 5.16 Å². The minimum atomic E-state index is -3.37. The lowest BCUT2D eigenvalue weighted by molar-refractivity contribution is 0.426. The first-order chi connectivity index (χ1) is 17.1. The van der Waals surface area contributed by atoms with Crippen molar-refractivity contribution >= 4 is 32.0 Å². The molecule has 0 spiro atoms. The Labute approximate surface area is 206 Å². The predicted octanol–water partition coefficient (Wildman–Crippen LogP) is 2.53. The van der Waals surface area contributed by atoms with Gasteiger partial charge in [0.25, 0.3) is 5.56 Å². The molecular weight excluding hydrogens is 482 g/mol. The molecule has 0 bridgehead atoms. The van der Waals surface area contributed by atoms with Gasteiger partial charge in [0.2, 0.25) is 10.0 Å². The maximum atomic E-state index is 13.7. The first-order valence-electron chi connectivity index (χ1n) is 11.5. The summed E-state index contributed by atoms with van der Waals surface area (Å²) in [5.41, 5.74) is 4.67. The molecule has 1 aliphatic rings. The molecule has 1 fully saturated rings. The van der Waals surface area contributed by atoms with Crippen molar-refractivity contribution in [3.8, 4) is 22.6 Å². The van der Waals surface area contributed by atoms with E-state index in [0.717, 1.165) is 27.6 Å². The summed E-state index contributed by atoms with van der Waals surface area (Å²) >= 11 is 0. The fourth-order valence-corrected chi connectivity index (χ4v) is 6.12. The second-order valence-electron chi connectivity index (χ2n) is 9.46. The van der Waals surface area contributed by atoms with Crippen LogP contribution in [-0.2, 0) is 24.1 Å². The number of aromatic amines is 1. The molecule has 11 nitrogen and oxygen atoms in total. The summed E-state index contributed by atoms with van der Waals surface area (Å²) in [6, 6.07) is 3.75. The van der Waals surface area contributed by atoms with Crippen molar-refractivity contribution < 1.29 is 12.9 Å². The van der Waals surface area contributed by atoms with Crippen LogP contribution in [0.1, 0.15) is 23.6 Å². The molecule has 12 heteroatoms. The highest BCUT2D eigenvalue weighted by Crippen LogP contribution is 2.41. The highest BCUT2D eigenvalue weighted by atomic mass is 32.2. The largest absolute Gasteiger partial charge is 0.356 e. The van der Waals surface area contributed by atoms with Crippen molar-refractivity contribution in [1.29, 1.82) is 0 Å². The van der Waals surface area contributed by atoms with Crippen molar-refractivity contribution in [3.63, 3.8) is 0 Å². The predicted molar refractivity (Wildman–Crippen MR) is 135 cm³/mol. The van der Waals surface area contributed by atoms with E-state index >= 15 is 0 Å². The van der Waals surface area contributed by atoms with Crippen LogP contribution in [0.25, 0.3) is 44.5 Å². The van der Waals surface area contributed by atoms with E-state index in [1.165, 1.54) is 10.6 Å². The SMILES string of the molecule is Cc1cc(-c2c(C3CCN(S(C)(=O)=O)C3)c3c4cc(-c5cnn(C)c5)[nH]c4ncc3n(C)c2=O)on1. The summed E-state index contributed by atoms with van der Waals surface area (Å²) in [7, 11) is 0.189.